The summed E-state index contributed by atoms with van der Waals surface area (Å²) in [6.45, 7) is 1.17. The van der Waals surface area contributed by atoms with E-state index in [4.69, 9.17) is 11.6 Å². The predicted molar refractivity (Wildman–Crippen MR) is 165 cm³/mol. The van der Waals surface area contributed by atoms with E-state index in [1.165, 1.54) is 6.07 Å². The van der Waals surface area contributed by atoms with Crippen LogP contribution in [-0.4, -0.2) is 33.0 Å². The lowest BCUT2D eigenvalue weighted by Gasteiger charge is -2.14. The Morgan fingerprint density at radius 3 is 2.37 bits per heavy atom. The molecule has 2 N–H and O–H groups in total. The maximum absolute atomic E-state index is 13.3. The first-order valence-corrected chi connectivity index (χ1v) is 15.6. The second kappa shape index (κ2) is 13.3. The molecule has 0 aliphatic heterocycles. The minimum absolute atomic E-state index is 0.181. The van der Waals surface area contributed by atoms with Crippen molar-refractivity contribution in [2.75, 3.05) is 19.6 Å². The molecule has 0 saturated heterocycles. The maximum Gasteiger partial charge on any atom is 0.416 e. The monoisotopic (exact) mass is 623 g/mol. The summed E-state index contributed by atoms with van der Waals surface area (Å²) in [6, 6.07) is 25.3. The minimum atomic E-state index is -4.44. The summed E-state index contributed by atoms with van der Waals surface area (Å²) in [5.41, 5.74) is 2.97. The van der Waals surface area contributed by atoms with Crippen LogP contribution in [0.25, 0.3) is 33.0 Å². The van der Waals surface area contributed by atoms with Gasteiger partial charge >= 0.3 is 6.18 Å². The maximum atomic E-state index is 13.3. The van der Waals surface area contributed by atoms with Crippen molar-refractivity contribution < 1.29 is 21.6 Å². The topological polar surface area (TPSA) is 71.1 Å². The van der Waals surface area contributed by atoms with Crippen LogP contribution in [-0.2, 0) is 22.6 Å². The molecule has 5 rings (SSSR count). The summed E-state index contributed by atoms with van der Waals surface area (Å²) in [7, 11) is -3.82. The fourth-order valence-corrected chi connectivity index (χ4v) is 6.43. The fourth-order valence-electron chi connectivity index (χ4n) is 4.97. The van der Waals surface area contributed by atoms with E-state index in [2.05, 4.69) is 15.0 Å². The van der Waals surface area contributed by atoms with Crippen LogP contribution in [0.4, 0.5) is 13.2 Å². The van der Waals surface area contributed by atoms with Gasteiger partial charge in [0.25, 0.3) is 0 Å². The van der Waals surface area contributed by atoms with Crippen LogP contribution >= 0.6 is 11.6 Å². The number of aromatic nitrogens is 1. The van der Waals surface area contributed by atoms with Gasteiger partial charge in [-0.05, 0) is 89.7 Å². The number of rotatable bonds is 11. The van der Waals surface area contributed by atoms with Gasteiger partial charge in [0.1, 0.15) is 0 Å². The summed E-state index contributed by atoms with van der Waals surface area (Å²) in [5, 5.41) is 5.01. The zero-order valence-corrected chi connectivity index (χ0v) is 24.6. The number of aryl methyl sites for hydroxylation is 1. The molecule has 43 heavy (non-hydrogen) atoms. The average Bonchev–Trinajstić information content (AvgIpc) is 3.00. The Morgan fingerprint density at radius 2 is 1.58 bits per heavy atom. The molecule has 10 heteroatoms. The predicted octanol–water partition coefficient (Wildman–Crippen LogP) is 7.74. The third-order valence-electron chi connectivity index (χ3n) is 7.08. The molecule has 0 radical (unpaired) electrons. The Bertz CT molecular complexity index is 1830. The van der Waals surface area contributed by atoms with E-state index in [9.17, 15) is 21.6 Å². The lowest BCUT2D eigenvalue weighted by molar-refractivity contribution is -0.137. The van der Waals surface area contributed by atoms with Crippen LogP contribution in [0.3, 0.4) is 0 Å². The van der Waals surface area contributed by atoms with Crippen molar-refractivity contribution in [1.82, 2.24) is 15.0 Å². The van der Waals surface area contributed by atoms with Crippen molar-refractivity contribution >= 4 is 32.4 Å². The molecule has 0 aliphatic carbocycles. The van der Waals surface area contributed by atoms with E-state index in [1.54, 1.807) is 42.7 Å². The highest BCUT2D eigenvalue weighted by Gasteiger charge is 2.30. The summed E-state index contributed by atoms with van der Waals surface area (Å²) in [6.07, 6.45) is 0.0891. The highest BCUT2D eigenvalue weighted by atomic mass is 35.5. The number of fused-ring (bicyclic) bond motifs is 1. The molecule has 0 aliphatic rings. The molecule has 1 aromatic heterocycles. The van der Waals surface area contributed by atoms with Gasteiger partial charge in [-0.3, -0.25) is 4.98 Å². The Morgan fingerprint density at radius 1 is 0.791 bits per heavy atom. The first-order valence-electron chi connectivity index (χ1n) is 13.7. The van der Waals surface area contributed by atoms with E-state index in [0.29, 0.717) is 47.5 Å². The van der Waals surface area contributed by atoms with Crippen LogP contribution < -0.4 is 10.0 Å². The second-order valence-electron chi connectivity index (χ2n) is 10.1. The number of hydrogen-bond acceptors (Lipinski definition) is 4. The summed E-state index contributed by atoms with van der Waals surface area (Å²) < 4.78 is 69.2. The molecule has 0 bridgehead atoms. The number of nitrogens with zero attached hydrogens (tertiary/aromatic N) is 1. The first-order chi connectivity index (χ1) is 20.6. The van der Waals surface area contributed by atoms with Crippen molar-refractivity contribution in [3.8, 4) is 22.3 Å². The smallest absolute Gasteiger partial charge is 0.315 e. The quantitative estimate of drug-likeness (QED) is 0.148. The number of benzene rings is 4. The van der Waals surface area contributed by atoms with Crippen molar-refractivity contribution in [3.63, 3.8) is 0 Å². The number of sulfonamides is 1. The molecule has 0 amide bonds. The Labute approximate surface area is 253 Å². The van der Waals surface area contributed by atoms with E-state index in [1.807, 2.05) is 42.5 Å². The molecule has 222 valence electrons. The summed E-state index contributed by atoms with van der Waals surface area (Å²) in [4.78, 5) is 4.35. The van der Waals surface area contributed by atoms with Gasteiger partial charge in [-0.2, -0.15) is 13.2 Å². The van der Waals surface area contributed by atoms with Crippen molar-refractivity contribution in [2.45, 2.75) is 23.9 Å². The SMILES string of the molecule is O=S(=O)(NCCNCCCc1ccc(Cl)cc1-c1cccc(C(F)(F)F)c1)c1cc(-c2ccccc2)cc2cnccc12. The molecule has 0 spiro atoms. The van der Waals surface area contributed by atoms with Crippen molar-refractivity contribution in [3.05, 3.63) is 120 Å². The van der Waals surface area contributed by atoms with E-state index >= 15 is 0 Å². The van der Waals surface area contributed by atoms with Crippen molar-refractivity contribution in [1.29, 1.82) is 0 Å². The minimum Gasteiger partial charge on any atom is -0.315 e. The molecule has 0 atom stereocenters. The van der Waals surface area contributed by atoms with Gasteiger partial charge in [-0.1, -0.05) is 60.1 Å². The third kappa shape index (κ3) is 7.61. The van der Waals surface area contributed by atoms with Crippen LogP contribution in [0.5, 0.6) is 0 Å². The van der Waals surface area contributed by atoms with Gasteiger partial charge < -0.3 is 5.32 Å². The van der Waals surface area contributed by atoms with Gasteiger partial charge in [0.15, 0.2) is 0 Å². The average molecular weight is 624 g/mol. The Kier molecular flexibility index (Phi) is 9.46. The lowest BCUT2D eigenvalue weighted by Crippen LogP contribution is -2.32. The summed E-state index contributed by atoms with van der Waals surface area (Å²) >= 11 is 6.17. The number of pyridine rings is 1. The first kappa shape index (κ1) is 30.7. The molecule has 5 nitrogen and oxygen atoms in total. The van der Waals surface area contributed by atoms with E-state index < -0.39 is 21.8 Å². The van der Waals surface area contributed by atoms with Gasteiger partial charge in [0.2, 0.25) is 10.0 Å². The number of alkyl halides is 3. The number of hydrogen-bond donors (Lipinski definition) is 2. The molecule has 0 fully saturated rings. The van der Waals surface area contributed by atoms with E-state index in [-0.39, 0.29) is 11.4 Å². The highest BCUT2D eigenvalue weighted by Crippen LogP contribution is 2.34. The van der Waals surface area contributed by atoms with Crippen molar-refractivity contribution in [2.24, 2.45) is 0 Å². The molecular formula is C33H29ClF3N3O2S. The van der Waals surface area contributed by atoms with Gasteiger partial charge in [0, 0.05) is 41.3 Å². The van der Waals surface area contributed by atoms with Gasteiger partial charge in [-0.25, -0.2) is 13.1 Å². The standard InChI is InChI=1S/C33H29ClF3N3O2S/c34-29-12-11-24(31(21-29)25-8-4-10-28(19-25)33(35,36)37)9-5-14-38-16-17-40-43(41,42)32-20-26(23-6-2-1-3-7-23)18-27-22-39-15-13-30(27)32/h1-4,6-8,10-13,15,18-22,38,40H,5,9,14,16-17H2. The zero-order chi connectivity index (χ0) is 30.5. The molecule has 5 aromatic rings. The van der Waals surface area contributed by atoms with Crippen LogP contribution in [0.2, 0.25) is 5.02 Å². The van der Waals surface area contributed by atoms with Gasteiger partial charge in [0.05, 0.1) is 10.5 Å². The lowest BCUT2D eigenvalue weighted by atomic mass is 9.95. The van der Waals surface area contributed by atoms with Crippen LogP contribution in [0, 0.1) is 0 Å². The Hall–Kier alpha value is -3.76. The van der Waals surface area contributed by atoms with Crippen LogP contribution in [0.15, 0.2) is 108 Å². The normalized spacial score (nSPS) is 12.1. The zero-order valence-electron chi connectivity index (χ0n) is 23.0. The summed E-state index contributed by atoms with van der Waals surface area (Å²) in [5.74, 6) is 0. The molecule has 1 heterocycles. The second-order valence-corrected chi connectivity index (χ2v) is 12.2. The number of nitrogens with one attached hydrogen (secondary N) is 2. The third-order valence-corrected chi connectivity index (χ3v) is 8.81. The molecule has 0 saturated carbocycles. The van der Waals surface area contributed by atoms with Crippen LogP contribution in [0.1, 0.15) is 17.5 Å². The highest BCUT2D eigenvalue weighted by molar-refractivity contribution is 7.89. The molecule has 4 aromatic carbocycles. The fraction of sp³-hybridized carbons (Fsp3) is 0.182. The molecular weight excluding hydrogens is 595 g/mol. The molecule has 0 unspecified atom stereocenters. The number of halogens is 4. The largest absolute Gasteiger partial charge is 0.416 e. The van der Waals surface area contributed by atoms with E-state index in [0.717, 1.165) is 34.2 Å². The Balaban J connectivity index is 1.19. The van der Waals surface area contributed by atoms with Gasteiger partial charge in [-0.15, -0.1) is 0 Å².